The lowest BCUT2D eigenvalue weighted by Crippen LogP contribution is -2.15. The summed E-state index contributed by atoms with van der Waals surface area (Å²) in [6.07, 6.45) is 2.64. The topological polar surface area (TPSA) is 34.1 Å². The number of hydrogen-bond acceptors (Lipinski definition) is 3. The van der Waals surface area contributed by atoms with Gasteiger partial charge in [0.1, 0.15) is 0 Å². The molecular formula is C14H22N2O. The van der Waals surface area contributed by atoms with Gasteiger partial charge in [-0.25, -0.2) is 4.98 Å². The van der Waals surface area contributed by atoms with Crippen molar-refractivity contribution in [3.63, 3.8) is 0 Å². The molecule has 0 atom stereocenters. The Morgan fingerprint density at radius 2 is 2.18 bits per heavy atom. The molecule has 0 aliphatic heterocycles. The van der Waals surface area contributed by atoms with Gasteiger partial charge in [-0.3, -0.25) is 0 Å². The summed E-state index contributed by atoms with van der Waals surface area (Å²) in [7, 11) is 0. The summed E-state index contributed by atoms with van der Waals surface area (Å²) in [6.45, 7) is 7.96. The molecule has 1 aromatic rings. The summed E-state index contributed by atoms with van der Waals surface area (Å²) in [6, 6.07) is 4.91. The van der Waals surface area contributed by atoms with Crippen LogP contribution in [0, 0.1) is 12.8 Å². The van der Waals surface area contributed by atoms with Crippen molar-refractivity contribution in [1.82, 2.24) is 10.3 Å². The van der Waals surface area contributed by atoms with E-state index >= 15 is 0 Å². The van der Waals surface area contributed by atoms with Crippen LogP contribution in [-0.4, -0.2) is 17.6 Å². The smallest absolute Gasteiger partial charge is 0.213 e. The standard InChI is InChI=1S/C14H22N2O/c1-10(2)9-17-14-7-12(6-11(3)16-14)8-15-13-4-5-13/h6-7,10,13,15H,4-5,8-9H2,1-3H3. The van der Waals surface area contributed by atoms with Crippen LogP contribution in [0.3, 0.4) is 0 Å². The Labute approximate surface area is 104 Å². The third-order valence-corrected chi connectivity index (χ3v) is 2.73. The predicted octanol–water partition coefficient (Wildman–Crippen LogP) is 2.68. The second kappa shape index (κ2) is 5.50. The molecule has 0 bridgehead atoms. The summed E-state index contributed by atoms with van der Waals surface area (Å²) in [5.41, 5.74) is 2.29. The molecule has 3 nitrogen and oxygen atoms in total. The minimum absolute atomic E-state index is 0.533. The van der Waals surface area contributed by atoms with Crippen molar-refractivity contribution in [1.29, 1.82) is 0 Å². The molecule has 1 aliphatic carbocycles. The minimum Gasteiger partial charge on any atom is -0.477 e. The Hall–Kier alpha value is -1.09. The summed E-state index contributed by atoms with van der Waals surface area (Å²) >= 11 is 0. The van der Waals surface area contributed by atoms with E-state index in [1.807, 2.05) is 13.0 Å². The van der Waals surface area contributed by atoms with Gasteiger partial charge < -0.3 is 10.1 Å². The molecule has 1 aromatic heterocycles. The van der Waals surface area contributed by atoms with Crippen LogP contribution in [0.4, 0.5) is 0 Å². The second-order valence-corrected chi connectivity index (χ2v) is 5.32. The SMILES string of the molecule is Cc1cc(CNC2CC2)cc(OCC(C)C)n1. The number of hydrogen-bond donors (Lipinski definition) is 1. The van der Waals surface area contributed by atoms with Crippen molar-refractivity contribution >= 4 is 0 Å². The summed E-state index contributed by atoms with van der Waals surface area (Å²) in [5, 5.41) is 3.51. The first kappa shape index (κ1) is 12.4. The van der Waals surface area contributed by atoms with Crippen molar-refractivity contribution in [2.75, 3.05) is 6.61 Å². The Morgan fingerprint density at radius 1 is 1.41 bits per heavy atom. The number of ether oxygens (including phenoxy) is 1. The number of aryl methyl sites for hydroxylation is 1. The van der Waals surface area contributed by atoms with Crippen LogP contribution in [0.25, 0.3) is 0 Å². The van der Waals surface area contributed by atoms with Crippen LogP contribution >= 0.6 is 0 Å². The minimum atomic E-state index is 0.533. The molecule has 1 saturated carbocycles. The molecule has 3 heteroatoms. The normalized spacial score (nSPS) is 15.3. The van der Waals surface area contributed by atoms with Crippen molar-refractivity contribution in [3.8, 4) is 5.88 Å². The first-order valence-corrected chi connectivity index (χ1v) is 6.47. The number of nitrogens with one attached hydrogen (secondary N) is 1. The zero-order chi connectivity index (χ0) is 12.3. The number of nitrogens with zero attached hydrogens (tertiary/aromatic N) is 1. The maximum atomic E-state index is 5.67. The van der Waals surface area contributed by atoms with Crippen LogP contribution in [0.1, 0.15) is 37.9 Å². The fourth-order valence-corrected chi connectivity index (χ4v) is 1.68. The fourth-order valence-electron chi connectivity index (χ4n) is 1.68. The molecule has 94 valence electrons. The average Bonchev–Trinajstić information content (AvgIpc) is 3.07. The third-order valence-electron chi connectivity index (χ3n) is 2.73. The summed E-state index contributed by atoms with van der Waals surface area (Å²) in [4.78, 5) is 4.40. The molecule has 0 saturated heterocycles. The van der Waals surface area contributed by atoms with Gasteiger partial charge in [-0.05, 0) is 37.3 Å². The first-order valence-electron chi connectivity index (χ1n) is 6.47. The van der Waals surface area contributed by atoms with Crippen molar-refractivity contribution in [2.24, 2.45) is 5.92 Å². The first-order chi connectivity index (χ1) is 8.13. The van der Waals surface area contributed by atoms with Crippen molar-refractivity contribution in [3.05, 3.63) is 23.4 Å². The molecule has 1 heterocycles. The molecule has 1 aliphatic rings. The van der Waals surface area contributed by atoms with Gasteiger partial charge in [0.15, 0.2) is 0 Å². The van der Waals surface area contributed by atoms with Gasteiger partial charge in [-0.1, -0.05) is 13.8 Å². The Kier molecular flexibility index (Phi) is 4.00. The number of rotatable bonds is 6. The van der Waals surface area contributed by atoms with E-state index in [0.717, 1.165) is 30.8 Å². The summed E-state index contributed by atoms with van der Waals surface area (Å²) < 4.78 is 5.67. The zero-order valence-electron chi connectivity index (χ0n) is 11.0. The van der Waals surface area contributed by atoms with Crippen LogP contribution < -0.4 is 10.1 Å². The Balaban J connectivity index is 1.94. The quantitative estimate of drug-likeness (QED) is 0.821. The van der Waals surface area contributed by atoms with Crippen molar-refractivity contribution in [2.45, 2.75) is 46.2 Å². The van der Waals surface area contributed by atoms with Gasteiger partial charge in [-0.2, -0.15) is 0 Å². The van der Waals surface area contributed by atoms with Gasteiger partial charge >= 0.3 is 0 Å². The fraction of sp³-hybridized carbons (Fsp3) is 0.643. The van der Waals surface area contributed by atoms with Gasteiger partial charge in [0.25, 0.3) is 0 Å². The van der Waals surface area contributed by atoms with Crippen LogP contribution in [0.2, 0.25) is 0 Å². The monoisotopic (exact) mass is 234 g/mol. The molecule has 0 spiro atoms. The molecule has 0 radical (unpaired) electrons. The molecule has 1 fully saturated rings. The van der Waals surface area contributed by atoms with E-state index in [9.17, 15) is 0 Å². The van der Waals surface area contributed by atoms with Crippen LogP contribution in [0.15, 0.2) is 12.1 Å². The molecule has 0 unspecified atom stereocenters. The Bertz CT molecular complexity index is 348. The van der Waals surface area contributed by atoms with E-state index < -0.39 is 0 Å². The predicted molar refractivity (Wildman–Crippen MR) is 69.2 cm³/mol. The molecule has 0 aromatic carbocycles. The van der Waals surface area contributed by atoms with E-state index in [-0.39, 0.29) is 0 Å². The Morgan fingerprint density at radius 3 is 2.82 bits per heavy atom. The highest BCUT2D eigenvalue weighted by molar-refractivity contribution is 5.24. The zero-order valence-corrected chi connectivity index (χ0v) is 11.0. The van der Waals surface area contributed by atoms with Crippen molar-refractivity contribution < 1.29 is 4.74 Å². The second-order valence-electron chi connectivity index (χ2n) is 5.32. The van der Waals surface area contributed by atoms with Crippen LogP contribution in [0.5, 0.6) is 5.88 Å². The molecule has 17 heavy (non-hydrogen) atoms. The lowest BCUT2D eigenvalue weighted by molar-refractivity contribution is 0.260. The van der Waals surface area contributed by atoms with E-state index in [1.54, 1.807) is 0 Å². The number of pyridine rings is 1. The third kappa shape index (κ3) is 4.35. The maximum absolute atomic E-state index is 5.67. The highest BCUT2D eigenvalue weighted by Crippen LogP contribution is 2.20. The van der Waals surface area contributed by atoms with Gasteiger partial charge in [-0.15, -0.1) is 0 Å². The van der Waals surface area contributed by atoms with Gasteiger partial charge in [0.05, 0.1) is 6.61 Å². The lowest BCUT2D eigenvalue weighted by Gasteiger charge is -2.10. The molecule has 0 amide bonds. The highest BCUT2D eigenvalue weighted by Gasteiger charge is 2.20. The largest absolute Gasteiger partial charge is 0.477 e. The van der Waals surface area contributed by atoms with Gasteiger partial charge in [0.2, 0.25) is 5.88 Å². The average molecular weight is 234 g/mol. The van der Waals surface area contributed by atoms with E-state index in [4.69, 9.17) is 4.74 Å². The highest BCUT2D eigenvalue weighted by atomic mass is 16.5. The molecule has 1 N–H and O–H groups in total. The van der Waals surface area contributed by atoms with E-state index in [0.29, 0.717) is 5.92 Å². The molecule has 2 rings (SSSR count). The number of aromatic nitrogens is 1. The maximum Gasteiger partial charge on any atom is 0.213 e. The lowest BCUT2D eigenvalue weighted by atomic mass is 10.2. The van der Waals surface area contributed by atoms with Crippen LogP contribution in [-0.2, 0) is 6.54 Å². The van der Waals surface area contributed by atoms with E-state index in [2.05, 4.69) is 30.2 Å². The molecular weight excluding hydrogens is 212 g/mol. The van der Waals surface area contributed by atoms with E-state index in [1.165, 1.54) is 18.4 Å². The summed E-state index contributed by atoms with van der Waals surface area (Å²) in [5.74, 6) is 1.29. The van der Waals surface area contributed by atoms with Gasteiger partial charge in [0, 0.05) is 24.3 Å².